The molecule has 4 heteroatoms. The number of nitrogens with one attached hydrogen (secondary N) is 1. The molecule has 1 heterocycles. The SMILES string of the molecule is CCc1cc(Cl)cc(C2=CSC(N)N2)c1. The summed E-state index contributed by atoms with van der Waals surface area (Å²) in [6.07, 6.45) is 0.986. The van der Waals surface area contributed by atoms with Gasteiger partial charge in [-0.2, -0.15) is 0 Å². The monoisotopic (exact) mass is 240 g/mol. The third-order valence-electron chi connectivity index (χ3n) is 2.31. The van der Waals surface area contributed by atoms with E-state index in [0.29, 0.717) is 0 Å². The number of thioether (sulfide) groups is 1. The molecular weight excluding hydrogens is 228 g/mol. The van der Waals surface area contributed by atoms with Crippen LogP contribution in [-0.2, 0) is 6.42 Å². The summed E-state index contributed by atoms with van der Waals surface area (Å²) in [4.78, 5) is 0. The van der Waals surface area contributed by atoms with Crippen LogP contribution >= 0.6 is 23.4 Å². The first-order chi connectivity index (χ1) is 7.19. The fraction of sp³-hybridized carbons (Fsp3) is 0.273. The minimum absolute atomic E-state index is 0.0379. The Morgan fingerprint density at radius 1 is 1.47 bits per heavy atom. The van der Waals surface area contributed by atoms with Crippen molar-refractivity contribution < 1.29 is 0 Å². The molecule has 0 amide bonds. The lowest BCUT2D eigenvalue weighted by Crippen LogP contribution is -2.28. The maximum Gasteiger partial charge on any atom is 0.127 e. The zero-order valence-corrected chi connectivity index (χ0v) is 10.0. The Labute approximate surface area is 98.9 Å². The van der Waals surface area contributed by atoms with E-state index in [1.807, 2.05) is 17.5 Å². The van der Waals surface area contributed by atoms with Crippen LogP contribution < -0.4 is 11.1 Å². The highest BCUT2D eigenvalue weighted by molar-refractivity contribution is 8.03. The predicted molar refractivity (Wildman–Crippen MR) is 67.5 cm³/mol. The molecule has 80 valence electrons. The molecular formula is C11H13ClN2S. The number of benzene rings is 1. The Morgan fingerprint density at radius 3 is 2.87 bits per heavy atom. The van der Waals surface area contributed by atoms with Crippen LogP contribution in [0.5, 0.6) is 0 Å². The average molecular weight is 241 g/mol. The normalized spacial score (nSPS) is 19.9. The summed E-state index contributed by atoms with van der Waals surface area (Å²) in [5.41, 5.74) is 9.11. The third-order valence-corrected chi connectivity index (χ3v) is 3.31. The molecule has 0 radical (unpaired) electrons. The minimum Gasteiger partial charge on any atom is -0.360 e. The zero-order chi connectivity index (χ0) is 10.8. The van der Waals surface area contributed by atoms with E-state index >= 15 is 0 Å². The Kier molecular flexibility index (Phi) is 3.24. The van der Waals surface area contributed by atoms with E-state index in [0.717, 1.165) is 22.7 Å². The van der Waals surface area contributed by atoms with Gasteiger partial charge in [0.1, 0.15) is 5.50 Å². The van der Waals surface area contributed by atoms with Crippen molar-refractivity contribution in [2.75, 3.05) is 0 Å². The van der Waals surface area contributed by atoms with E-state index in [1.165, 1.54) is 5.56 Å². The van der Waals surface area contributed by atoms with Gasteiger partial charge in [0.2, 0.25) is 0 Å². The number of nitrogens with two attached hydrogens (primary N) is 1. The topological polar surface area (TPSA) is 38.0 Å². The molecule has 1 aliphatic heterocycles. The molecule has 2 rings (SSSR count). The lowest BCUT2D eigenvalue weighted by molar-refractivity contribution is 0.853. The van der Waals surface area contributed by atoms with Crippen LogP contribution in [0.25, 0.3) is 5.70 Å². The van der Waals surface area contributed by atoms with Crippen LogP contribution in [0.3, 0.4) is 0 Å². The van der Waals surface area contributed by atoms with Crippen molar-refractivity contribution in [1.29, 1.82) is 0 Å². The molecule has 0 fully saturated rings. The molecule has 3 N–H and O–H groups in total. The highest BCUT2D eigenvalue weighted by Gasteiger charge is 2.14. The van der Waals surface area contributed by atoms with Crippen molar-refractivity contribution in [2.24, 2.45) is 5.73 Å². The predicted octanol–water partition coefficient (Wildman–Crippen LogP) is 2.78. The molecule has 0 aliphatic carbocycles. The van der Waals surface area contributed by atoms with Gasteiger partial charge in [-0.15, -0.1) is 0 Å². The summed E-state index contributed by atoms with van der Waals surface area (Å²) < 4.78 is 0. The zero-order valence-electron chi connectivity index (χ0n) is 8.46. The first-order valence-corrected chi connectivity index (χ1v) is 6.18. The summed E-state index contributed by atoms with van der Waals surface area (Å²) in [5, 5.41) is 6.00. The smallest absolute Gasteiger partial charge is 0.127 e. The number of aryl methyl sites for hydroxylation is 1. The molecule has 0 spiro atoms. The van der Waals surface area contributed by atoms with Gasteiger partial charge in [-0.1, -0.05) is 30.3 Å². The van der Waals surface area contributed by atoms with Gasteiger partial charge in [-0.05, 0) is 41.2 Å². The van der Waals surface area contributed by atoms with Crippen LogP contribution in [0, 0.1) is 0 Å². The summed E-state index contributed by atoms with van der Waals surface area (Å²) in [7, 11) is 0. The van der Waals surface area contributed by atoms with Gasteiger partial charge in [0.25, 0.3) is 0 Å². The van der Waals surface area contributed by atoms with Crippen LogP contribution in [0.1, 0.15) is 18.1 Å². The lowest BCUT2D eigenvalue weighted by atomic mass is 10.1. The standard InChI is InChI=1S/C11H13ClN2S/c1-2-7-3-8(5-9(12)4-7)10-6-15-11(13)14-10/h3-6,11,14H,2,13H2,1H3. The molecule has 0 aromatic heterocycles. The van der Waals surface area contributed by atoms with Gasteiger partial charge in [-0.25, -0.2) is 0 Å². The maximum atomic E-state index is 6.05. The van der Waals surface area contributed by atoms with Crippen LogP contribution in [0.4, 0.5) is 0 Å². The maximum absolute atomic E-state index is 6.05. The van der Waals surface area contributed by atoms with Crippen LogP contribution in [0.15, 0.2) is 23.6 Å². The van der Waals surface area contributed by atoms with Crippen molar-refractivity contribution in [3.8, 4) is 0 Å². The van der Waals surface area contributed by atoms with Crippen molar-refractivity contribution in [1.82, 2.24) is 5.32 Å². The van der Waals surface area contributed by atoms with Crippen molar-refractivity contribution in [2.45, 2.75) is 18.8 Å². The average Bonchev–Trinajstić information content (AvgIpc) is 2.64. The molecule has 15 heavy (non-hydrogen) atoms. The molecule has 0 bridgehead atoms. The van der Waals surface area contributed by atoms with E-state index in [9.17, 15) is 0 Å². The quantitative estimate of drug-likeness (QED) is 0.835. The molecule has 0 saturated carbocycles. The number of hydrogen-bond donors (Lipinski definition) is 2. The third kappa shape index (κ3) is 2.48. The van der Waals surface area contributed by atoms with Crippen LogP contribution in [0.2, 0.25) is 5.02 Å². The Hall–Kier alpha value is -0.640. The van der Waals surface area contributed by atoms with Gasteiger partial charge >= 0.3 is 0 Å². The first kappa shape index (κ1) is 10.9. The molecule has 2 nitrogen and oxygen atoms in total. The van der Waals surface area contributed by atoms with Gasteiger partial charge in [0, 0.05) is 10.7 Å². The Balaban J connectivity index is 2.32. The summed E-state index contributed by atoms with van der Waals surface area (Å²) in [6, 6.07) is 6.09. The summed E-state index contributed by atoms with van der Waals surface area (Å²) >= 11 is 7.63. The minimum atomic E-state index is -0.0379. The second-order valence-electron chi connectivity index (χ2n) is 3.43. The highest BCUT2D eigenvalue weighted by Crippen LogP contribution is 2.27. The summed E-state index contributed by atoms with van der Waals surface area (Å²) in [6.45, 7) is 2.12. The second-order valence-corrected chi connectivity index (χ2v) is 4.89. The first-order valence-electron chi connectivity index (χ1n) is 4.86. The van der Waals surface area contributed by atoms with Crippen molar-refractivity contribution in [3.63, 3.8) is 0 Å². The lowest BCUT2D eigenvalue weighted by Gasteiger charge is -2.09. The molecule has 1 unspecified atom stereocenters. The summed E-state index contributed by atoms with van der Waals surface area (Å²) in [5.74, 6) is 0. The van der Waals surface area contributed by atoms with Gasteiger partial charge in [-0.3, -0.25) is 0 Å². The van der Waals surface area contributed by atoms with Crippen LogP contribution in [-0.4, -0.2) is 5.50 Å². The molecule has 1 aromatic rings. The van der Waals surface area contributed by atoms with E-state index < -0.39 is 0 Å². The largest absolute Gasteiger partial charge is 0.360 e. The fourth-order valence-corrected chi connectivity index (χ4v) is 2.46. The van der Waals surface area contributed by atoms with E-state index in [2.05, 4.69) is 18.3 Å². The Morgan fingerprint density at radius 2 is 2.27 bits per heavy atom. The molecule has 1 atom stereocenters. The van der Waals surface area contributed by atoms with Gasteiger partial charge in [0.15, 0.2) is 0 Å². The van der Waals surface area contributed by atoms with E-state index in [-0.39, 0.29) is 5.50 Å². The molecule has 1 aliphatic rings. The number of halogens is 1. The molecule has 0 saturated heterocycles. The number of hydrogen-bond acceptors (Lipinski definition) is 3. The van der Waals surface area contributed by atoms with E-state index in [4.69, 9.17) is 17.3 Å². The molecule has 1 aromatic carbocycles. The van der Waals surface area contributed by atoms with Gasteiger partial charge < -0.3 is 11.1 Å². The Bertz CT molecular complexity index is 404. The highest BCUT2D eigenvalue weighted by atomic mass is 35.5. The number of rotatable bonds is 2. The van der Waals surface area contributed by atoms with E-state index in [1.54, 1.807) is 11.8 Å². The fourth-order valence-electron chi connectivity index (χ4n) is 1.52. The van der Waals surface area contributed by atoms with Gasteiger partial charge in [0.05, 0.1) is 0 Å². The second kappa shape index (κ2) is 4.47. The van der Waals surface area contributed by atoms with Crippen molar-refractivity contribution >= 4 is 29.1 Å². The van der Waals surface area contributed by atoms with Crippen molar-refractivity contribution in [3.05, 3.63) is 39.8 Å².